The molecule has 1 aliphatic carbocycles. The molecule has 2 heterocycles. The standard InChI is InChI=1S/C25H36N4O3/c1-18-24-20(15-25(2,3)16-22(24)30)27-19-7-4-5-8-21(19)29(18)17-23(31)26-9-6-10-28-11-13-32-14-12-28/h4-5,7-8,18,27H,6,9-17H2,1-3H3,(H,26,31). The van der Waals surface area contributed by atoms with E-state index < -0.39 is 0 Å². The zero-order valence-corrected chi connectivity index (χ0v) is 19.6. The lowest BCUT2D eigenvalue weighted by Gasteiger charge is -2.36. The van der Waals surface area contributed by atoms with Gasteiger partial charge in [0.1, 0.15) is 0 Å². The minimum Gasteiger partial charge on any atom is -0.379 e. The Morgan fingerprint density at radius 3 is 2.75 bits per heavy atom. The first-order valence-electron chi connectivity index (χ1n) is 11.8. The van der Waals surface area contributed by atoms with Crippen LogP contribution in [-0.4, -0.2) is 68.6 Å². The SMILES string of the molecule is CC1C2=C(CC(C)(C)CC2=O)Nc2ccccc2N1CC(=O)NCCCN1CCOCC1. The molecule has 0 bridgehead atoms. The Morgan fingerprint density at radius 1 is 1.22 bits per heavy atom. The number of Topliss-reactive ketones (excluding diaryl/α,β-unsaturated/α-hetero) is 1. The van der Waals surface area contributed by atoms with Crippen molar-refractivity contribution in [1.82, 2.24) is 10.2 Å². The lowest BCUT2D eigenvalue weighted by atomic mass is 9.74. The number of anilines is 2. The molecule has 2 aliphatic heterocycles. The number of morpholine rings is 1. The molecule has 7 nitrogen and oxygen atoms in total. The van der Waals surface area contributed by atoms with Crippen LogP contribution in [0.15, 0.2) is 35.5 Å². The van der Waals surface area contributed by atoms with Crippen molar-refractivity contribution in [3.63, 3.8) is 0 Å². The monoisotopic (exact) mass is 440 g/mol. The van der Waals surface area contributed by atoms with E-state index in [-0.39, 0.29) is 29.7 Å². The van der Waals surface area contributed by atoms with Crippen LogP contribution in [-0.2, 0) is 14.3 Å². The van der Waals surface area contributed by atoms with Crippen LogP contribution in [0, 0.1) is 5.41 Å². The van der Waals surface area contributed by atoms with Gasteiger partial charge in [-0.05, 0) is 43.9 Å². The van der Waals surface area contributed by atoms with Gasteiger partial charge < -0.3 is 20.3 Å². The van der Waals surface area contributed by atoms with Crippen LogP contribution >= 0.6 is 0 Å². The van der Waals surface area contributed by atoms with Gasteiger partial charge in [0.15, 0.2) is 5.78 Å². The summed E-state index contributed by atoms with van der Waals surface area (Å²) in [6, 6.07) is 7.86. The van der Waals surface area contributed by atoms with Crippen LogP contribution in [0.25, 0.3) is 0 Å². The molecule has 0 aromatic heterocycles. The van der Waals surface area contributed by atoms with E-state index >= 15 is 0 Å². The highest BCUT2D eigenvalue weighted by atomic mass is 16.5. The molecule has 2 N–H and O–H groups in total. The predicted octanol–water partition coefficient (Wildman–Crippen LogP) is 2.79. The first-order chi connectivity index (χ1) is 15.3. The summed E-state index contributed by atoms with van der Waals surface area (Å²) in [5, 5.41) is 6.62. The second-order valence-electron chi connectivity index (χ2n) is 9.94. The lowest BCUT2D eigenvalue weighted by Crippen LogP contribution is -2.45. The number of benzene rings is 1. The molecular formula is C25H36N4O3. The molecule has 174 valence electrons. The number of rotatable bonds is 6. The molecule has 1 aromatic carbocycles. The summed E-state index contributed by atoms with van der Waals surface area (Å²) >= 11 is 0. The van der Waals surface area contributed by atoms with Crippen LogP contribution in [0.2, 0.25) is 0 Å². The average molecular weight is 441 g/mol. The van der Waals surface area contributed by atoms with Crippen LogP contribution < -0.4 is 15.5 Å². The van der Waals surface area contributed by atoms with Crippen molar-refractivity contribution in [1.29, 1.82) is 0 Å². The van der Waals surface area contributed by atoms with Gasteiger partial charge in [-0.3, -0.25) is 14.5 Å². The van der Waals surface area contributed by atoms with Gasteiger partial charge in [-0.15, -0.1) is 0 Å². The molecule has 0 spiro atoms. The Labute approximate surface area is 191 Å². The quantitative estimate of drug-likeness (QED) is 0.663. The maximum Gasteiger partial charge on any atom is 0.239 e. The van der Waals surface area contributed by atoms with E-state index in [4.69, 9.17) is 4.74 Å². The Bertz CT molecular complexity index is 889. The Kier molecular flexibility index (Phi) is 6.86. The van der Waals surface area contributed by atoms with Crippen molar-refractivity contribution in [2.75, 3.05) is 56.2 Å². The number of nitrogens with one attached hydrogen (secondary N) is 2. The third-order valence-corrected chi connectivity index (χ3v) is 6.70. The number of amides is 1. The highest BCUT2D eigenvalue weighted by Crippen LogP contribution is 2.43. The number of fused-ring (bicyclic) bond motifs is 1. The lowest BCUT2D eigenvalue weighted by molar-refractivity contribution is -0.120. The third kappa shape index (κ3) is 5.15. The summed E-state index contributed by atoms with van der Waals surface area (Å²) in [4.78, 5) is 30.4. The van der Waals surface area contributed by atoms with Crippen molar-refractivity contribution in [3.05, 3.63) is 35.5 Å². The fourth-order valence-corrected chi connectivity index (χ4v) is 5.08. The van der Waals surface area contributed by atoms with Gasteiger partial charge >= 0.3 is 0 Å². The van der Waals surface area contributed by atoms with Gasteiger partial charge in [-0.2, -0.15) is 0 Å². The van der Waals surface area contributed by atoms with E-state index in [0.29, 0.717) is 13.0 Å². The number of ether oxygens (including phenoxy) is 1. The average Bonchev–Trinajstić information content (AvgIpc) is 2.85. The molecule has 1 atom stereocenters. The zero-order valence-electron chi connectivity index (χ0n) is 19.6. The number of carbonyl (C=O) groups excluding carboxylic acids is 2. The predicted molar refractivity (Wildman–Crippen MR) is 127 cm³/mol. The smallest absolute Gasteiger partial charge is 0.239 e. The summed E-state index contributed by atoms with van der Waals surface area (Å²) in [5.74, 6) is 0.168. The maximum atomic E-state index is 13.1. The molecule has 1 unspecified atom stereocenters. The first-order valence-corrected chi connectivity index (χ1v) is 11.8. The Hall–Kier alpha value is -2.38. The summed E-state index contributed by atoms with van der Waals surface area (Å²) < 4.78 is 5.38. The topological polar surface area (TPSA) is 73.9 Å². The minimum absolute atomic E-state index is 0.0127. The van der Waals surface area contributed by atoms with Crippen molar-refractivity contribution < 1.29 is 14.3 Å². The number of para-hydroxylation sites is 2. The Morgan fingerprint density at radius 2 is 1.97 bits per heavy atom. The van der Waals surface area contributed by atoms with Gasteiger partial charge in [0.25, 0.3) is 0 Å². The van der Waals surface area contributed by atoms with Gasteiger partial charge in [0.05, 0.1) is 37.2 Å². The van der Waals surface area contributed by atoms with E-state index in [1.807, 2.05) is 31.2 Å². The normalized spacial score (nSPS) is 23.2. The molecule has 3 aliphatic rings. The summed E-state index contributed by atoms with van der Waals surface area (Å²) in [6.45, 7) is 11.7. The highest BCUT2D eigenvalue weighted by molar-refractivity contribution is 6.01. The van der Waals surface area contributed by atoms with Gasteiger partial charge in [-0.1, -0.05) is 26.0 Å². The number of allylic oxidation sites excluding steroid dienone is 1. The zero-order chi connectivity index (χ0) is 22.7. The summed E-state index contributed by atoms with van der Waals surface area (Å²) in [5.41, 5.74) is 3.67. The van der Waals surface area contributed by atoms with Crippen molar-refractivity contribution >= 4 is 23.1 Å². The van der Waals surface area contributed by atoms with Crippen molar-refractivity contribution in [2.24, 2.45) is 5.41 Å². The molecule has 4 rings (SSSR count). The van der Waals surface area contributed by atoms with Gasteiger partial charge in [0.2, 0.25) is 5.91 Å². The van der Waals surface area contributed by atoms with E-state index in [1.165, 1.54) is 0 Å². The Balaban J connectivity index is 1.44. The second-order valence-corrected chi connectivity index (χ2v) is 9.94. The van der Waals surface area contributed by atoms with Crippen molar-refractivity contribution in [2.45, 2.75) is 46.1 Å². The van der Waals surface area contributed by atoms with E-state index in [2.05, 4.69) is 34.3 Å². The molecule has 1 amide bonds. The molecular weight excluding hydrogens is 404 g/mol. The van der Waals surface area contributed by atoms with Crippen LogP contribution in [0.5, 0.6) is 0 Å². The molecule has 0 radical (unpaired) electrons. The number of hydrogen-bond acceptors (Lipinski definition) is 6. The van der Waals surface area contributed by atoms with E-state index in [1.54, 1.807) is 0 Å². The molecule has 1 fully saturated rings. The van der Waals surface area contributed by atoms with Crippen LogP contribution in [0.4, 0.5) is 11.4 Å². The minimum atomic E-state index is -0.163. The molecule has 7 heteroatoms. The van der Waals surface area contributed by atoms with E-state index in [9.17, 15) is 9.59 Å². The maximum absolute atomic E-state index is 13.1. The van der Waals surface area contributed by atoms with Gasteiger partial charge in [-0.25, -0.2) is 0 Å². The fourth-order valence-electron chi connectivity index (χ4n) is 5.08. The fraction of sp³-hybridized carbons (Fsp3) is 0.600. The molecule has 1 saturated heterocycles. The molecule has 1 aromatic rings. The summed E-state index contributed by atoms with van der Waals surface area (Å²) in [7, 11) is 0. The largest absolute Gasteiger partial charge is 0.379 e. The van der Waals surface area contributed by atoms with Gasteiger partial charge in [0, 0.05) is 37.3 Å². The number of hydrogen-bond donors (Lipinski definition) is 2. The molecule has 0 saturated carbocycles. The number of carbonyl (C=O) groups is 2. The first kappa shape index (κ1) is 22.8. The number of nitrogens with zero attached hydrogens (tertiary/aromatic N) is 2. The number of ketones is 1. The third-order valence-electron chi connectivity index (χ3n) is 6.70. The van der Waals surface area contributed by atoms with E-state index in [0.717, 1.165) is 68.3 Å². The molecule has 32 heavy (non-hydrogen) atoms. The van der Waals surface area contributed by atoms with Crippen LogP contribution in [0.1, 0.15) is 40.0 Å². The second kappa shape index (κ2) is 9.63. The van der Waals surface area contributed by atoms with Crippen molar-refractivity contribution in [3.8, 4) is 0 Å². The van der Waals surface area contributed by atoms with Crippen LogP contribution in [0.3, 0.4) is 0 Å². The highest BCUT2D eigenvalue weighted by Gasteiger charge is 2.39. The summed E-state index contributed by atoms with van der Waals surface area (Å²) in [6.07, 6.45) is 2.28.